The Morgan fingerprint density at radius 2 is 2.10 bits per heavy atom. The molecule has 0 amide bonds. The summed E-state index contributed by atoms with van der Waals surface area (Å²) < 4.78 is 0. The fraction of sp³-hybridized carbons (Fsp3) is 0.714. The molecule has 1 saturated carbocycles. The molecule has 0 aromatic heterocycles. The van der Waals surface area contributed by atoms with Crippen LogP contribution in [0.2, 0.25) is 0 Å². The molecule has 0 N–H and O–H groups in total. The normalized spacial score (nSPS) is 50.1. The van der Waals surface area contributed by atoms with Gasteiger partial charge in [0.2, 0.25) is 0 Å². The number of halogens is 1. The van der Waals surface area contributed by atoms with Gasteiger partial charge in [-0.25, -0.2) is 0 Å². The summed E-state index contributed by atoms with van der Waals surface area (Å²) in [5.41, 5.74) is 0. The minimum Gasteiger partial charge on any atom is -0.150 e. The highest BCUT2D eigenvalue weighted by atomic mass is 35.5. The quantitative estimate of drug-likeness (QED) is 0.325. The van der Waals surface area contributed by atoms with Crippen LogP contribution in [0.5, 0.6) is 0 Å². The molecule has 0 heterocycles. The minimum absolute atomic E-state index is 0.0347. The van der Waals surface area contributed by atoms with Crippen LogP contribution in [0.1, 0.15) is 6.42 Å². The highest BCUT2D eigenvalue weighted by Crippen LogP contribution is 2.43. The van der Waals surface area contributed by atoms with E-state index in [1.54, 1.807) is 0 Å². The molecular formula is C7H8ClNO. The number of nitrogens with zero attached hydrogens (tertiary/aromatic N) is 1. The fourth-order valence-corrected chi connectivity index (χ4v) is 2.29. The van der Waals surface area contributed by atoms with E-state index in [-0.39, 0.29) is 11.4 Å². The number of nitroso groups, excluding NO2 is 1. The van der Waals surface area contributed by atoms with E-state index in [0.29, 0.717) is 11.8 Å². The molecule has 4 atom stereocenters. The van der Waals surface area contributed by atoms with E-state index in [2.05, 4.69) is 17.3 Å². The second kappa shape index (κ2) is 2.06. The second-order valence-corrected chi connectivity index (χ2v) is 3.49. The van der Waals surface area contributed by atoms with Crippen molar-refractivity contribution in [1.29, 1.82) is 0 Å². The van der Waals surface area contributed by atoms with Gasteiger partial charge in [0.15, 0.2) is 0 Å². The first kappa shape index (κ1) is 6.35. The number of alkyl halides is 1. The lowest BCUT2D eigenvalue weighted by Gasteiger charge is -2.14. The summed E-state index contributed by atoms with van der Waals surface area (Å²) in [5, 5.41) is 2.98. The number of hydrogen-bond donors (Lipinski definition) is 0. The monoisotopic (exact) mass is 157 g/mol. The zero-order valence-corrected chi connectivity index (χ0v) is 6.16. The molecule has 0 radical (unpaired) electrons. The van der Waals surface area contributed by atoms with Crippen molar-refractivity contribution in [3.8, 4) is 0 Å². The topological polar surface area (TPSA) is 29.4 Å². The fourth-order valence-electron chi connectivity index (χ4n) is 1.87. The maximum Gasteiger partial charge on any atom is 0.115 e. The van der Waals surface area contributed by atoms with Crippen LogP contribution in [0.15, 0.2) is 17.3 Å². The second-order valence-electron chi connectivity index (χ2n) is 2.99. The van der Waals surface area contributed by atoms with Crippen molar-refractivity contribution >= 4 is 11.6 Å². The Bertz CT molecular complexity index is 192. The Labute approximate surface area is 64.2 Å². The number of hydrogen-bond acceptors (Lipinski definition) is 2. The summed E-state index contributed by atoms with van der Waals surface area (Å²) in [7, 11) is 0. The first-order chi connectivity index (χ1) is 4.83. The van der Waals surface area contributed by atoms with Crippen molar-refractivity contribution in [2.24, 2.45) is 17.0 Å². The molecule has 0 saturated heterocycles. The molecule has 2 nitrogen and oxygen atoms in total. The van der Waals surface area contributed by atoms with Gasteiger partial charge in [-0.3, -0.25) is 0 Å². The van der Waals surface area contributed by atoms with Gasteiger partial charge in [0.1, 0.15) is 6.04 Å². The van der Waals surface area contributed by atoms with Crippen LogP contribution >= 0.6 is 11.6 Å². The molecule has 2 rings (SSSR count). The van der Waals surface area contributed by atoms with E-state index >= 15 is 0 Å². The van der Waals surface area contributed by atoms with E-state index in [4.69, 9.17) is 11.6 Å². The molecule has 0 spiro atoms. The first-order valence-electron chi connectivity index (χ1n) is 3.48. The van der Waals surface area contributed by atoms with Gasteiger partial charge in [-0.15, -0.1) is 11.6 Å². The Kier molecular flexibility index (Phi) is 1.31. The van der Waals surface area contributed by atoms with E-state index in [0.717, 1.165) is 6.42 Å². The van der Waals surface area contributed by atoms with Gasteiger partial charge in [-0.1, -0.05) is 17.3 Å². The Morgan fingerprint density at radius 3 is 2.50 bits per heavy atom. The van der Waals surface area contributed by atoms with Crippen molar-refractivity contribution < 1.29 is 0 Å². The SMILES string of the molecule is O=NC1C2C=CC(C2)C1Cl. The Hall–Kier alpha value is -0.370. The molecule has 0 aliphatic heterocycles. The van der Waals surface area contributed by atoms with Gasteiger partial charge in [0.05, 0.1) is 5.38 Å². The van der Waals surface area contributed by atoms with Crippen molar-refractivity contribution in [3.05, 3.63) is 17.1 Å². The number of allylic oxidation sites excluding steroid dienone is 1. The first-order valence-corrected chi connectivity index (χ1v) is 3.91. The van der Waals surface area contributed by atoms with Crippen molar-refractivity contribution in [1.82, 2.24) is 0 Å². The largest absolute Gasteiger partial charge is 0.150 e. The molecular weight excluding hydrogens is 150 g/mol. The zero-order valence-electron chi connectivity index (χ0n) is 5.40. The minimum atomic E-state index is -0.156. The van der Waals surface area contributed by atoms with Crippen LogP contribution in [0.4, 0.5) is 0 Å². The number of fused-ring (bicyclic) bond motifs is 2. The van der Waals surface area contributed by atoms with Gasteiger partial charge >= 0.3 is 0 Å². The zero-order chi connectivity index (χ0) is 7.14. The van der Waals surface area contributed by atoms with Gasteiger partial charge in [0, 0.05) is 5.92 Å². The summed E-state index contributed by atoms with van der Waals surface area (Å²) in [6.07, 6.45) is 5.20. The molecule has 4 unspecified atom stereocenters. The third-order valence-corrected chi connectivity index (χ3v) is 3.03. The third kappa shape index (κ3) is 0.655. The van der Waals surface area contributed by atoms with Crippen LogP contribution < -0.4 is 0 Å². The van der Waals surface area contributed by atoms with Crippen molar-refractivity contribution in [3.63, 3.8) is 0 Å². The molecule has 0 aromatic carbocycles. The van der Waals surface area contributed by atoms with Crippen molar-refractivity contribution in [2.45, 2.75) is 17.8 Å². The lowest BCUT2D eigenvalue weighted by atomic mass is 10.0. The van der Waals surface area contributed by atoms with Crippen LogP contribution in [0.25, 0.3) is 0 Å². The highest BCUT2D eigenvalue weighted by Gasteiger charge is 2.44. The molecule has 2 aliphatic carbocycles. The van der Waals surface area contributed by atoms with E-state index < -0.39 is 0 Å². The lowest BCUT2D eigenvalue weighted by Crippen LogP contribution is -2.22. The van der Waals surface area contributed by atoms with Gasteiger partial charge < -0.3 is 0 Å². The van der Waals surface area contributed by atoms with Crippen LogP contribution in [0.3, 0.4) is 0 Å². The average Bonchev–Trinajstić information content (AvgIpc) is 2.46. The Morgan fingerprint density at radius 1 is 1.40 bits per heavy atom. The van der Waals surface area contributed by atoms with Crippen molar-refractivity contribution in [2.75, 3.05) is 0 Å². The molecule has 0 aromatic rings. The molecule has 3 heteroatoms. The molecule has 10 heavy (non-hydrogen) atoms. The van der Waals surface area contributed by atoms with Gasteiger partial charge in [-0.2, -0.15) is 4.91 Å². The van der Waals surface area contributed by atoms with Crippen LogP contribution in [0, 0.1) is 16.7 Å². The number of rotatable bonds is 1. The van der Waals surface area contributed by atoms with E-state index in [1.807, 2.05) is 0 Å². The summed E-state index contributed by atoms with van der Waals surface area (Å²) in [6.45, 7) is 0. The highest BCUT2D eigenvalue weighted by molar-refractivity contribution is 6.21. The standard InChI is InChI=1S/C7H8ClNO/c8-6-4-1-2-5(3-4)7(6)9-10/h1-2,4-7H,3H2. The summed E-state index contributed by atoms with van der Waals surface area (Å²) in [5.74, 6) is 0.749. The third-order valence-electron chi connectivity index (χ3n) is 2.45. The maximum atomic E-state index is 10.2. The van der Waals surface area contributed by atoms with E-state index in [1.165, 1.54) is 0 Å². The predicted octanol–water partition coefficient (Wildman–Crippen LogP) is 1.93. The molecule has 54 valence electrons. The predicted molar refractivity (Wildman–Crippen MR) is 40.0 cm³/mol. The molecule has 1 fully saturated rings. The molecule has 2 aliphatic rings. The van der Waals surface area contributed by atoms with Crippen LogP contribution in [-0.2, 0) is 0 Å². The average molecular weight is 158 g/mol. The summed E-state index contributed by atoms with van der Waals surface area (Å²) in [4.78, 5) is 10.2. The smallest absolute Gasteiger partial charge is 0.115 e. The van der Waals surface area contributed by atoms with Crippen LogP contribution in [-0.4, -0.2) is 11.4 Å². The van der Waals surface area contributed by atoms with Gasteiger partial charge in [0.25, 0.3) is 0 Å². The Balaban J connectivity index is 2.25. The maximum absolute atomic E-state index is 10.2. The molecule has 2 bridgehead atoms. The lowest BCUT2D eigenvalue weighted by molar-refractivity contribution is 0.580. The summed E-state index contributed by atoms with van der Waals surface area (Å²) in [6, 6.07) is -0.156. The van der Waals surface area contributed by atoms with E-state index in [9.17, 15) is 4.91 Å². The summed E-state index contributed by atoms with van der Waals surface area (Å²) >= 11 is 5.93. The van der Waals surface area contributed by atoms with Gasteiger partial charge in [-0.05, 0) is 12.3 Å².